The van der Waals surface area contributed by atoms with Crippen molar-refractivity contribution >= 4 is 0 Å². The number of rotatable bonds is 12. The number of hydrogen-bond donors (Lipinski definition) is 0. The van der Waals surface area contributed by atoms with Crippen molar-refractivity contribution in [1.29, 1.82) is 0 Å². The summed E-state index contributed by atoms with van der Waals surface area (Å²) < 4.78 is 0. The van der Waals surface area contributed by atoms with Gasteiger partial charge in [-0.3, -0.25) is 0 Å². The Morgan fingerprint density at radius 3 is 1.78 bits per heavy atom. The minimum Gasteiger partial charge on any atom is -0.103 e. The molecule has 0 nitrogen and oxygen atoms in total. The van der Waals surface area contributed by atoms with Crippen LogP contribution in [0.5, 0.6) is 0 Å². The lowest BCUT2D eigenvalue weighted by Crippen LogP contribution is -1.80. The van der Waals surface area contributed by atoms with E-state index in [9.17, 15) is 0 Å². The van der Waals surface area contributed by atoms with E-state index in [4.69, 9.17) is 0 Å². The second-order valence-electron chi connectivity index (χ2n) is 5.11. The topological polar surface area (TPSA) is 0 Å². The summed E-state index contributed by atoms with van der Waals surface area (Å²) in [5.41, 5.74) is 0. The van der Waals surface area contributed by atoms with Crippen molar-refractivity contribution < 1.29 is 0 Å². The largest absolute Gasteiger partial charge is 0.103 e. The van der Waals surface area contributed by atoms with E-state index in [0.29, 0.717) is 0 Å². The van der Waals surface area contributed by atoms with Crippen molar-refractivity contribution in [2.45, 2.75) is 90.4 Å². The molecule has 0 amide bonds. The van der Waals surface area contributed by atoms with E-state index >= 15 is 0 Å². The van der Waals surface area contributed by atoms with Gasteiger partial charge in [0.15, 0.2) is 0 Å². The van der Waals surface area contributed by atoms with E-state index < -0.39 is 0 Å². The molecule has 0 spiro atoms. The maximum Gasteiger partial charge on any atom is 0.00887 e. The van der Waals surface area contributed by atoms with Gasteiger partial charge in [0.1, 0.15) is 0 Å². The van der Waals surface area contributed by atoms with Gasteiger partial charge < -0.3 is 0 Å². The zero-order valence-electron chi connectivity index (χ0n) is 12.5. The Bertz CT molecular complexity index is 216. The molecule has 0 unspecified atom stereocenters. The first-order valence-electron chi connectivity index (χ1n) is 7.98. The average Bonchev–Trinajstić information content (AvgIpc) is 2.39. The second kappa shape index (κ2) is 16.3. The lowest BCUT2D eigenvalue weighted by Gasteiger charge is -1.99. The summed E-state index contributed by atoms with van der Waals surface area (Å²) in [6.45, 7) is 6.00. The molecule has 18 heavy (non-hydrogen) atoms. The molecule has 0 aliphatic heterocycles. The van der Waals surface area contributed by atoms with Crippen LogP contribution in [0.25, 0.3) is 0 Å². The van der Waals surface area contributed by atoms with Crippen LogP contribution in [0.3, 0.4) is 0 Å². The standard InChI is InChI=1S/C18H32/c1-3-5-7-9-11-13-15-17-18-16-14-12-10-8-6-4-2/h3H,1,4-12,14,16-18H2,2H3. The molecule has 0 aliphatic rings. The van der Waals surface area contributed by atoms with Crippen molar-refractivity contribution in [3.63, 3.8) is 0 Å². The molecule has 0 heteroatoms. The van der Waals surface area contributed by atoms with Crippen LogP contribution in [0.1, 0.15) is 90.4 Å². The van der Waals surface area contributed by atoms with Crippen LogP contribution in [0.15, 0.2) is 12.7 Å². The predicted octanol–water partition coefficient (Wildman–Crippen LogP) is 6.27. The molecule has 0 bridgehead atoms. The van der Waals surface area contributed by atoms with E-state index in [-0.39, 0.29) is 0 Å². The molecule has 0 heterocycles. The molecule has 0 aromatic heterocycles. The molecule has 0 rings (SSSR count). The highest BCUT2D eigenvalue weighted by Gasteiger charge is 1.90. The van der Waals surface area contributed by atoms with Crippen LogP contribution in [0.2, 0.25) is 0 Å². The van der Waals surface area contributed by atoms with E-state index in [1.165, 1.54) is 64.2 Å². The molecule has 0 aliphatic carbocycles. The maximum absolute atomic E-state index is 3.72. The van der Waals surface area contributed by atoms with Gasteiger partial charge in [-0.2, -0.15) is 0 Å². The van der Waals surface area contributed by atoms with Gasteiger partial charge in [0.05, 0.1) is 0 Å². The van der Waals surface area contributed by atoms with Gasteiger partial charge in [0.2, 0.25) is 0 Å². The van der Waals surface area contributed by atoms with Crippen molar-refractivity contribution in [2.24, 2.45) is 0 Å². The van der Waals surface area contributed by atoms with Crippen LogP contribution in [0, 0.1) is 11.8 Å². The van der Waals surface area contributed by atoms with Gasteiger partial charge in [0.25, 0.3) is 0 Å². The van der Waals surface area contributed by atoms with Crippen LogP contribution in [-0.2, 0) is 0 Å². The zero-order valence-corrected chi connectivity index (χ0v) is 12.5. The van der Waals surface area contributed by atoms with Crippen LogP contribution in [0.4, 0.5) is 0 Å². The molecule has 0 N–H and O–H groups in total. The molecule has 0 aromatic rings. The van der Waals surface area contributed by atoms with Gasteiger partial charge in [-0.1, -0.05) is 57.9 Å². The van der Waals surface area contributed by atoms with Crippen LogP contribution in [-0.4, -0.2) is 0 Å². The molecule has 104 valence electrons. The van der Waals surface area contributed by atoms with Gasteiger partial charge >= 0.3 is 0 Å². The lowest BCUT2D eigenvalue weighted by molar-refractivity contribution is 0.579. The third-order valence-corrected chi connectivity index (χ3v) is 3.24. The van der Waals surface area contributed by atoms with Crippen LogP contribution >= 0.6 is 0 Å². The summed E-state index contributed by atoms with van der Waals surface area (Å²) in [5.74, 6) is 6.58. The minimum absolute atomic E-state index is 1.07. The Labute approximate surface area is 115 Å². The second-order valence-corrected chi connectivity index (χ2v) is 5.11. The quantitative estimate of drug-likeness (QED) is 0.217. The van der Waals surface area contributed by atoms with E-state index in [0.717, 1.165) is 19.3 Å². The van der Waals surface area contributed by atoms with E-state index in [1.54, 1.807) is 0 Å². The summed E-state index contributed by atoms with van der Waals surface area (Å²) in [4.78, 5) is 0. The Balaban J connectivity index is 3.06. The summed E-state index contributed by atoms with van der Waals surface area (Å²) in [7, 11) is 0. The van der Waals surface area contributed by atoms with Crippen molar-refractivity contribution in [3.05, 3.63) is 12.7 Å². The van der Waals surface area contributed by atoms with Crippen LogP contribution < -0.4 is 0 Å². The summed E-state index contributed by atoms with van der Waals surface area (Å²) in [5, 5.41) is 0. The Morgan fingerprint density at radius 2 is 1.22 bits per heavy atom. The van der Waals surface area contributed by atoms with E-state index in [1.807, 2.05) is 6.08 Å². The van der Waals surface area contributed by atoms with Crippen molar-refractivity contribution in [3.8, 4) is 11.8 Å². The van der Waals surface area contributed by atoms with Gasteiger partial charge in [-0.05, 0) is 25.7 Å². The normalized spacial score (nSPS) is 9.83. The SMILES string of the molecule is C=CCCCCC#CCCCCCCCCCC. The number of allylic oxidation sites excluding steroid dienone is 1. The first-order valence-corrected chi connectivity index (χ1v) is 7.98. The molecule has 0 atom stereocenters. The monoisotopic (exact) mass is 248 g/mol. The van der Waals surface area contributed by atoms with Crippen molar-refractivity contribution in [1.82, 2.24) is 0 Å². The van der Waals surface area contributed by atoms with Gasteiger partial charge in [-0.25, -0.2) is 0 Å². The first-order chi connectivity index (χ1) is 8.91. The Hall–Kier alpha value is -0.700. The fraction of sp³-hybridized carbons (Fsp3) is 0.778. The third kappa shape index (κ3) is 15.3. The first kappa shape index (κ1) is 17.3. The minimum atomic E-state index is 1.07. The maximum atomic E-state index is 3.72. The molecular weight excluding hydrogens is 216 g/mol. The highest BCUT2D eigenvalue weighted by atomic mass is 14.0. The lowest BCUT2D eigenvalue weighted by atomic mass is 10.1. The predicted molar refractivity (Wildman–Crippen MR) is 83.7 cm³/mol. The number of unbranched alkanes of at least 4 members (excludes halogenated alkanes) is 11. The molecule has 0 aromatic carbocycles. The Kier molecular flexibility index (Phi) is 15.7. The molecular formula is C18H32. The summed E-state index contributed by atoms with van der Waals surface area (Å²) >= 11 is 0. The molecule has 0 fully saturated rings. The third-order valence-electron chi connectivity index (χ3n) is 3.24. The average molecular weight is 248 g/mol. The highest BCUT2D eigenvalue weighted by molar-refractivity contribution is 4.98. The Morgan fingerprint density at radius 1 is 0.722 bits per heavy atom. The molecule has 0 radical (unpaired) electrons. The fourth-order valence-electron chi connectivity index (χ4n) is 2.03. The highest BCUT2D eigenvalue weighted by Crippen LogP contribution is 2.09. The van der Waals surface area contributed by atoms with E-state index in [2.05, 4.69) is 25.3 Å². The van der Waals surface area contributed by atoms with Crippen molar-refractivity contribution in [2.75, 3.05) is 0 Å². The fourth-order valence-corrected chi connectivity index (χ4v) is 2.03. The van der Waals surface area contributed by atoms with Gasteiger partial charge in [0, 0.05) is 12.8 Å². The summed E-state index contributed by atoms with van der Waals surface area (Å²) in [6, 6.07) is 0. The molecule has 0 saturated carbocycles. The number of hydrogen-bond acceptors (Lipinski definition) is 0. The summed E-state index contributed by atoms with van der Waals surface area (Å²) in [6.07, 6.45) is 18.9. The molecule has 0 saturated heterocycles. The smallest absolute Gasteiger partial charge is 0.00887 e. The van der Waals surface area contributed by atoms with Gasteiger partial charge in [-0.15, -0.1) is 18.4 Å². The zero-order chi connectivity index (χ0) is 13.3.